The molecule has 0 unspecified atom stereocenters. The van der Waals surface area contributed by atoms with E-state index in [9.17, 15) is 0 Å². The van der Waals surface area contributed by atoms with Crippen molar-refractivity contribution in [2.45, 2.75) is 57.8 Å². The minimum atomic E-state index is -0.147. The maximum absolute atomic E-state index is 5.45. The van der Waals surface area contributed by atoms with Gasteiger partial charge in [0, 0.05) is 60.1 Å². The van der Waals surface area contributed by atoms with Gasteiger partial charge in [-0.05, 0) is 140 Å². The van der Waals surface area contributed by atoms with Crippen LogP contribution in [-0.2, 0) is 16.2 Å². The molecule has 4 heterocycles. The first kappa shape index (κ1) is 42.4. The molecular formula is C72H52N4. The second-order valence-corrected chi connectivity index (χ2v) is 23.5. The number of nitrogens with zero attached hydrogens (tertiary/aromatic N) is 4. The Labute approximate surface area is 440 Å². The second-order valence-electron chi connectivity index (χ2n) is 23.5. The van der Waals surface area contributed by atoms with Gasteiger partial charge >= 0.3 is 0 Å². The molecule has 0 atom stereocenters. The number of fused-ring (bicyclic) bond motifs is 19. The van der Waals surface area contributed by atoms with Crippen LogP contribution in [0, 0.1) is 0 Å². The van der Waals surface area contributed by atoms with Crippen molar-refractivity contribution in [3.63, 3.8) is 0 Å². The monoisotopic (exact) mass is 972 g/mol. The van der Waals surface area contributed by atoms with E-state index in [1.54, 1.807) is 0 Å². The average Bonchev–Trinajstić information content (AvgIpc) is 4.40. The summed E-state index contributed by atoms with van der Waals surface area (Å²) in [5, 5.41) is 8.58. The maximum atomic E-state index is 5.45. The number of rotatable bonds is 3. The van der Waals surface area contributed by atoms with Crippen LogP contribution in [0.15, 0.2) is 206 Å². The summed E-state index contributed by atoms with van der Waals surface area (Å²) < 4.78 is 7.63. The predicted molar refractivity (Wildman–Crippen MR) is 317 cm³/mol. The summed E-state index contributed by atoms with van der Waals surface area (Å²) in [5.74, 6) is 0. The van der Waals surface area contributed by atoms with Crippen molar-refractivity contribution in [3.8, 4) is 50.4 Å². The summed E-state index contributed by atoms with van der Waals surface area (Å²) in [6, 6.07) is 76.1. The number of hydrogen-bond acceptors (Lipinski definition) is 1. The fourth-order valence-corrected chi connectivity index (χ4v) is 15.0. The molecule has 0 spiro atoms. The third-order valence-corrected chi connectivity index (χ3v) is 18.7. The van der Waals surface area contributed by atoms with Crippen molar-refractivity contribution in [2.24, 2.45) is 0 Å². The minimum Gasteiger partial charge on any atom is -0.309 e. The fourth-order valence-electron chi connectivity index (χ4n) is 15.0. The molecule has 76 heavy (non-hydrogen) atoms. The highest BCUT2D eigenvalue weighted by Gasteiger charge is 2.39. The minimum absolute atomic E-state index is 0.126. The fraction of sp³-hybridized carbons (Fsp3) is 0.125. The molecule has 4 nitrogen and oxygen atoms in total. The first-order valence-corrected chi connectivity index (χ1v) is 26.9. The van der Waals surface area contributed by atoms with Gasteiger partial charge in [0.2, 0.25) is 0 Å². The zero-order valence-electron chi connectivity index (χ0n) is 43.4. The van der Waals surface area contributed by atoms with E-state index < -0.39 is 0 Å². The van der Waals surface area contributed by atoms with Crippen LogP contribution in [0.25, 0.3) is 127 Å². The van der Waals surface area contributed by atoms with Gasteiger partial charge in [-0.1, -0.05) is 169 Å². The Morgan fingerprint density at radius 1 is 0.289 bits per heavy atom. The molecule has 3 aliphatic carbocycles. The summed E-state index contributed by atoms with van der Waals surface area (Å²) in [6.07, 6.45) is 2.03. The number of hydrogen-bond donors (Lipinski definition) is 0. The number of aromatic nitrogens is 4. The molecule has 0 fully saturated rings. The van der Waals surface area contributed by atoms with Gasteiger partial charge in [-0.15, -0.1) is 0 Å². The number of pyridine rings is 1. The largest absolute Gasteiger partial charge is 0.309 e. The Balaban J connectivity index is 1.03. The quantitative estimate of drug-likeness (QED) is 0.173. The standard InChI is InChI=1S/C72H52N4/c1-70(2)54-25-13-7-19-42(54)48-38-65-51(35-57(48)70)45-22-10-16-28-61(45)74(65)41-33-60-69(68(34-41)76-63-30-18-12-24-47(63)53-37-59-50(40-67(53)76)44-21-9-15-27-56(44)72(59,5)6)64(31-32-73-60)75-62-29-17-11-23-46(62)52-36-58-49(39-66(52)75)43-20-8-14-26-55(43)71(58,3)4/h7-40H,1-6H3. The lowest BCUT2D eigenvalue weighted by Crippen LogP contribution is -2.14. The zero-order chi connectivity index (χ0) is 50.7. The van der Waals surface area contributed by atoms with Gasteiger partial charge in [0.25, 0.3) is 0 Å². The van der Waals surface area contributed by atoms with Crippen molar-refractivity contribution < 1.29 is 0 Å². The molecule has 3 aliphatic rings. The van der Waals surface area contributed by atoms with Crippen molar-refractivity contribution in [1.29, 1.82) is 0 Å². The van der Waals surface area contributed by atoms with Gasteiger partial charge in [-0.3, -0.25) is 4.98 Å². The van der Waals surface area contributed by atoms with E-state index in [1.165, 1.54) is 132 Å². The van der Waals surface area contributed by atoms with Gasteiger partial charge in [-0.2, -0.15) is 0 Å². The lowest BCUT2D eigenvalue weighted by atomic mass is 9.82. The molecule has 17 rings (SSSR count). The van der Waals surface area contributed by atoms with Gasteiger partial charge < -0.3 is 13.7 Å². The first-order valence-electron chi connectivity index (χ1n) is 26.9. The zero-order valence-corrected chi connectivity index (χ0v) is 43.4. The topological polar surface area (TPSA) is 27.7 Å². The molecule has 0 saturated heterocycles. The third kappa shape index (κ3) is 5.17. The Kier molecular flexibility index (Phi) is 7.93. The third-order valence-electron chi connectivity index (χ3n) is 18.7. The highest BCUT2D eigenvalue weighted by atomic mass is 15.0. The predicted octanol–water partition coefficient (Wildman–Crippen LogP) is 18.4. The van der Waals surface area contributed by atoms with E-state index in [0.717, 1.165) is 28.0 Å². The molecule has 0 saturated carbocycles. The molecular weight excluding hydrogens is 921 g/mol. The van der Waals surface area contributed by atoms with Gasteiger partial charge in [0.15, 0.2) is 0 Å². The van der Waals surface area contributed by atoms with Crippen LogP contribution in [0.1, 0.15) is 74.9 Å². The molecule has 0 N–H and O–H groups in total. The van der Waals surface area contributed by atoms with E-state index >= 15 is 0 Å². The SMILES string of the molecule is CC1(C)c2ccccc2-c2cc3c(cc21)c1ccccc1n3-c1cc(-n2c3ccccc3c3cc4c(cc32)-c2ccccc2C4(C)C)c2c(-n3c4ccccc4c4cc5c(cc43)-c3ccccc3C5(C)C)ccnc2c1. The molecule has 0 aliphatic heterocycles. The van der Waals surface area contributed by atoms with Crippen molar-refractivity contribution >= 4 is 76.3 Å². The van der Waals surface area contributed by atoms with Crippen LogP contribution in [0.5, 0.6) is 0 Å². The van der Waals surface area contributed by atoms with E-state index in [4.69, 9.17) is 4.98 Å². The molecule has 10 aromatic carbocycles. The lowest BCUT2D eigenvalue weighted by molar-refractivity contribution is 0.661. The van der Waals surface area contributed by atoms with Crippen LogP contribution in [0.2, 0.25) is 0 Å². The van der Waals surface area contributed by atoms with E-state index in [0.29, 0.717) is 0 Å². The highest BCUT2D eigenvalue weighted by Crippen LogP contribution is 2.55. The van der Waals surface area contributed by atoms with E-state index in [2.05, 4.69) is 255 Å². The van der Waals surface area contributed by atoms with Crippen LogP contribution >= 0.6 is 0 Å². The van der Waals surface area contributed by atoms with Crippen LogP contribution in [0.3, 0.4) is 0 Å². The normalized spacial score (nSPS) is 15.3. The van der Waals surface area contributed by atoms with Crippen LogP contribution in [0.4, 0.5) is 0 Å². The molecule has 4 aromatic heterocycles. The summed E-state index contributed by atoms with van der Waals surface area (Å²) >= 11 is 0. The Bertz CT molecular complexity index is 4970. The Hall–Kier alpha value is -8.99. The Morgan fingerprint density at radius 2 is 0.658 bits per heavy atom. The smallest absolute Gasteiger partial charge is 0.0765 e. The summed E-state index contributed by atoms with van der Waals surface area (Å²) in [4.78, 5) is 5.45. The Morgan fingerprint density at radius 3 is 1.11 bits per heavy atom. The molecule has 0 bridgehead atoms. The summed E-state index contributed by atoms with van der Waals surface area (Å²) in [6.45, 7) is 14.3. The average molecular weight is 973 g/mol. The van der Waals surface area contributed by atoms with Crippen LogP contribution in [-0.4, -0.2) is 18.7 Å². The van der Waals surface area contributed by atoms with E-state index in [-0.39, 0.29) is 16.2 Å². The summed E-state index contributed by atoms with van der Waals surface area (Å²) in [7, 11) is 0. The van der Waals surface area contributed by atoms with Gasteiger partial charge in [0.05, 0.1) is 55.7 Å². The number of benzene rings is 10. The number of para-hydroxylation sites is 3. The van der Waals surface area contributed by atoms with E-state index in [1.807, 2.05) is 6.20 Å². The van der Waals surface area contributed by atoms with Gasteiger partial charge in [-0.25, -0.2) is 0 Å². The first-order chi connectivity index (χ1) is 37.0. The highest BCUT2D eigenvalue weighted by molar-refractivity contribution is 6.17. The van der Waals surface area contributed by atoms with Crippen LogP contribution < -0.4 is 0 Å². The van der Waals surface area contributed by atoms with Crippen molar-refractivity contribution in [3.05, 3.63) is 240 Å². The second kappa shape index (κ2) is 14.2. The molecule has 0 radical (unpaired) electrons. The molecule has 360 valence electrons. The molecule has 14 aromatic rings. The molecule has 4 heteroatoms. The summed E-state index contributed by atoms with van der Waals surface area (Å²) in [5.41, 5.74) is 27.0. The van der Waals surface area contributed by atoms with Crippen molar-refractivity contribution in [1.82, 2.24) is 18.7 Å². The maximum Gasteiger partial charge on any atom is 0.0765 e. The van der Waals surface area contributed by atoms with Crippen molar-refractivity contribution in [2.75, 3.05) is 0 Å². The lowest BCUT2D eigenvalue weighted by Gasteiger charge is -2.22. The molecule has 0 amide bonds. The van der Waals surface area contributed by atoms with Gasteiger partial charge in [0.1, 0.15) is 0 Å².